The number of hydrogen-bond acceptors (Lipinski definition) is 2. The second kappa shape index (κ2) is 6.17. The van der Waals surface area contributed by atoms with Gasteiger partial charge in [0.2, 0.25) is 0 Å². The Morgan fingerprint density at radius 1 is 1.15 bits per heavy atom. The molecule has 1 unspecified atom stereocenters. The van der Waals surface area contributed by atoms with Crippen LogP contribution in [0, 0.1) is 12.7 Å². The summed E-state index contributed by atoms with van der Waals surface area (Å²) < 4.78 is 13.5. The van der Waals surface area contributed by atoms with E-state index in [0.717, 1.165) is 11.4 Å². The van der Waals surface area contributed by atoms with Crippen LogP contribution >= 0.6 is 34.8 Å². The van der Waals surface area contributed by atoms with E-state index in [2.05, 4.69) is 10.3 Å². The minimum Gasteiger partial charge on any atom is -0.377 e. The van der Waals surface area contributed by atoms with Crippen LogP contribution in [-0.2, 0) is 0 Å². The fourth-order valence-corrected chi connectivity index (χ4v) is 2.60. The summed E-state index contributed by atoms with van der Waals surface area (Å²) in [6, 6.07) is 6.05. The molecule has 20 heavy (non-hydrogen) atoms. The van der Waals surface area contributed by atoms with Crippen LogP contribution < -0.4 is 5.32 Å². The average Bonchev–Trinajstić information content (AvgIpc) is 2.37. The predicted octanol–water partition coefficient (Wildman–Crippen LogP) is 5.66. The predicted molar refractivity (Wildman–Crippen MR) is 82.4 cm³/mol. The van der Waals surface area contributed by atoms with Crippen molar-refractivity contribution in [1.29, 1.82) is 0 Å². The lowest BCUT2D eigenvalue weighted by Gasteiger charge is -2.18. The fraction of sp³-hybridized carbons (Fsp3) is 0.214. The van der Waals surface area contributed by atoms with E-state index >= 15 is 0 Å². The summed E-state index contributed by atoms with van der Waals surface area (Å²) in [4.78, 5) is 4.15. The molecular formula is C14H12Cl3FN2. The molecule has 0 aliphatic carbocycles. The molecule has 0 aliphatic heterocycles. The molecule has 2 aromatic rings. The molecule has 0 spiro atoms. The van der Waals surface area contributed by atoms with Gasteiger partial charge >= 0.3 is 0 Å². The number of rotatable bonds is 3. The van der Waals surface area contributed by atoms with E-state index in [9.17, 15) is 4.39 Å². The summed E-state index contributed by atoms with van der Waals surface area (Å²) in [6.07, 6.45) is 0. The first-order valence-corrected chi connectivity index (χ1v) is 7.06. The molecule has 1 atom stereocenters. The zero-order valence-electron chi connectivity index (χ0n) is 10.8. The quantitative estimate of drug-likeness (QED) is 0.579. The van der Waals surface area contributed by atoms with Gasteiger partial charge in [-0.25, -0.2) is 9.37 Å². The molecule has 0 saturated heterocycles. The Morgan fingerprint density at radius 3 is 2.50 bits per heavy atom. The van der Waals surface area contributed by atoms with Gasteiger partial charge in [0.15, 0.2) is 0 Å². The van der Waals surface area contributed by atoms with Crippen LogP contribution in [-0.4, -0.2) is 4.98 Å². The Hall–Kier alpha value is -1.03. The van der Waals surface area contributed by atoms with Crippen molar-refractivity contribution in [3.63, 3.8) is 0 Å². The normalized spacial score (nSPS) is 12.3. The molecule has 1 N–H and O–H groups in total. The lowest BCUT2D eigenvalue weighted by atomic mass is 10.1. The minimum atomic E-state index is -0.495. The average molecular weight is 334 g/mol. The van der Waals surface area contributed by atoms with E-state index in [1.165, 1.54) is 12.1 Å². The number of hydrogen-bond donors (Lipinski definition) is 1. The van der Waals surface area contributed by atoms with E-state index in [1.54, 1.807) is 6.07 Å². The van der Waals surface area contributed by atoms with Crippen molar-refractivity contribution in [2.45, 2.75) is 19.9 Å². The molecule has 0 radical (unpaired) electrons. The summed E-state index contributed by atoms with van der Waals surface area (Å²) >= 11 is 17.6. The second-order valence-corrected chi connectivity index (χ2v) is 5.62. The van der Waals surface area contributed by atoms with E-state index in [4.69, 9.17) is 34.8 Å². The van der Waals surface area contributed by atoms with Gasteiger partial charge in [0.1, 0.15) is 11.0 Å². The van der Waals surface area contributed by atoms with Crippen LogP contribution in [0.2, 0.25) is 15.2 Å². The second-order valence-electron chi connectivity index (χ2n) is 4.42. The lowest BCUT2D eigenvalue weighted by Crippen LogP contribution is -2.09. The van der Waals surface area contributed by atoms with Gasteiger partial charge in [-0.15, -0.1) is 0 Å². The van der Waals surface area contributed by atoms with Crippen molar-refractivity contribution in [1.82, 2.24) is 4.98 Å². The molecule has 2 rings (SSSR count). The summed E-state index contributed by atoms with van der Waals surface area (Å²) in [5.74, 6) is -0.495. The van der Waals surface area contributed by atoms with Gasteiger partial charge in [-0.05, 0) is 43.7 Å². The Kier molecular flexibility index (Phi) is 4.74. The molecule has 0 fully saturated rings. The number of pyridine rings is 1. The van der Waals surface area contributed by atoms with Crippen molar-refractivity contribution in [2.75, 3.05) is 5.32 Å². The number of halogens is 4. The van der Waals surface area contributed by atoms with Crippen molar-refractivity contribution >= 4 is 40.5 Å². The van der Waals surface area contributed by atoms with Gasteiger partial charge in [-0.2, -0.15) is 0 Å². The summed E-state index contributed by atoms with van der Waals surface area (Å²) in [5, 5.41) is 4.08. The van der Waals surface area contributed by atoms with E-state index in [0.29, 0.717) is 15.7 Å². The van der Waals surface area contributed by atoms with Crippen LogP contribution in [0.1, 0.15) is 24.2 Å². The fourth-order valence-electron chi connectivity index (χ4n) is 1.86. The highest BCUT2D eigenvalue weighted by molar-refractivity contribution is 6.35. The maximum atomic E-state index is 13.5. The monoisotopic (exact) mass is 332 g/mol. The smallest absolute Gasteiger partial charge is 0.142 e. The van der Waals surface area contributed by atoms with Crippen molar-refractivity contribution in [3.8, 4) is 0 Å². The van der Waals surface area contributed by atoms with Crippen LogP contribution in [0.25, 0.3) is 0 Å². The molecular weight excluding hydrogens is 322 g/mol. The molecule has 6 heteroatoms. The number of anilines is 1. The first kappa shape index (κ1) is 15.4. The highest BCUT2D eigenvalue weighted by Crippen LogP contribution is 2.31. The number of nitrogens with zero attached hydrogens (tertiary/aromatic N) is 1. The van der Waals surface area contributed by atoms with E-state index in [-0.39, 0.29) is 11.1 Å². The lowest BCUT2D eigenvalue weighted by molar-refractivity contribution is 0.624. The highest BCUT2D eigenvalue weighted by atomic mass is 35.5. The van der Waals surface area contributed by atoms with Gasteiger partial charge < -0.3 is 5.32 Å². The summed E-state index contributed by atoms with van der Waals surface area (Å²) in [5.41, 5.74) is 2.20. The highest BCUT2D eigenvalue weighted by Gasteiger charge is 2.14. The van der Waals surface area contributed by atoms with Gasteiger partial charge in [-0.1, -0.05) is 34.8 Å². The first-order valence-electron chi connectivity index (χ1n) is 5.92. The largest absolute Gasteiger partial charge is 0.377 e. The third-order valence-corrected chi connectivity index (χ3v) is 3.76. The summed E-state index contributed by atoms with van der Waals surface area (Å²) in [7, 11) is 0. The Labute approximate surface area is 131 Å². The zero-order chi connectivity index (χ0) is 14.9. The van der Waals surface area contributed by atoms with Gasteiger partial charge in [0.25, 0.3) is 0 Å². The molecule has 1 aromatic heterocycles. The maximum absolute atomic E-state index is 13.5. The number of nitrogens with one attached hydrogen (secondary N) is 1. The standard InChI is InChI=1S/C14H12Cl3FN2/c1-7(9-5-12(18)11(16)6-10(9)15)19-13-3-4-14(17)20-8(13)2/h3-7,19H,1-2H3. The Balaban J connectivity index is 2.28. The van der Waals surface area contributed by atoms with Crippen LogP contribution in [0.4, 0.5) is 10.1 Å². The molecule has 1 heterocycles. The molecule has 0 amide bonds. The van der Waals surface area contributed by atoms with E-state index in [1.807, 2.05) is 19.9 Å². The van der Waals surface area contributed by atoms with Gasteiger partial charge in [0, 0.05) is 5.02 Å². The first-order chi connectivity index (χ1) is 9.38. The van der Waals surface area contributed by atoms with Crippen LogP contribution in [0.5, 0.6) is 0 Å². The summed E-state index contributed by atoms with van der Waals surface area (Å²) in [6.45, 7) is 3.72. The Bertz CT molecular complexity index is 647. The van der Waals surface area contributed by atoms with Crippen LogP contribution in [0.15, 0.2) is 24.3 Å². The van der Waals surface area contributed by atoms with Gasteiger partial charge in [0.05, 0.1) is 22.4 Å². The van der Waals surface area contributed by atoms with Crippen molar-refractivity contribution in [3.05, 3.63) is 56.5 Å². The molecule has 0 saturated carbocycles. The third-order valence-electron chi connectivity index (χ3n) is 2.93. The third kappa shape index (κ3) is 3.35. The number of benzene rings is 1. The Morgan fingerprint density at radius 2 is 1.85 bits per heavy atom. The van der Waals surface area contributed by atoms with Crippen LogP contribution in [0.3, 0.4) is 0 Å². The minimum absolute atomic E-state index is 0.00953. The number of aryl methyl sites for hydroxylation is 1. The topological polar surface area (TPSA) is 24.9 Å². The van der Waals surface area contributed by atoms with Gasteiger partial charge in [-0.3, -0.25) is 0 Å². The van der Waals surface area contributed by atoms with Crippen molar-refractivity contribution in [2.24, 2.45) is 0 Å². The molecule has 0 bridgehead atoms. The van der Waals surface area contributed by atoms with E-state index < -0.39 is 5.82 Å². The molecule has 106 valence electrons. The number of aromatic nitrogens is 1. The van der Waals surface area contributed by atoms with Crippen molar-refractivity contribution < 1.29 is 4.39 Å². The molecule has 1 aromatic carbocycles. The maximum Gasteiger partial charge on any atom is 0.142 e. The zero-order valence-corrected chi connectivity index (χ0v) is 13.1. The SMILES string of the molecule is Cc1nc(Cl)ccc1NC(C)c1cc(F)c(Cl)cc1Cl. The molecule has 0 aliphatic rings. The molecule has 2 nitrogen and oxygen atoms in total.